The Morgan fingerprint density at radius 1 is 1.26 bits per heavy atom. The van der Waals surface area contributed by atoms with Crippen LogP contribution in [0.5, 0.6) is 0 Å². The van der Waals surface area contributed by atoms with Crippen molar-refractivity contribution in [2.75, 3.05) is 40.3 Å². The number of hydrogen-bond acceptors (Lipinski definition) is 4. The maximum Gasteiger partial charge on any atom is 0.272 e. The van der Waals surface area contributed by atoms with E-state index in [1.807, 2.05) is 23.9 Å². The summed E-state index contributed by atoms with van der Waals surface area (Å²) in [5, 5.41) is 2.81. The lowest BCUT2D eigenvalue weighted by atomic mass is 9.99. The van der Waals surface area contributed by atoms with E-state index >= 15 is 0 Å². The minimum atomic E-state index is -0.242. The molecular weight excluding hydrogens is 292 g/mol. The second-order valence-corrected chi connectivity index (χ2v) is 6.44. The molecule has 0 aliphatic carbocycles. The Hall–Kier alpha value is -1.95. The highest BCUT2D eigenvalue weighted by molar-refractivity contribution is 5.96. The van der Waals surface area contributed by atoms with Gasteiger partial charge in [-0.2, -0.15) is 0 Å². The van der Waals surface area contributed by atoms with Gasteiger partial charge in [-0.05, 0) is 45.0 Å². The summed E-state index contributed by atoms with van der Waals surface area (Å²) in [6.45, 7) is 5.05. The van der Waals surface area contributed by atoms with Gasteiger partial charge in [0.25, 0.3) is 11.8 Å². The van der Waals surface area contributed by atoms with Crippen molar-refractivity contribution in [3.8, 4) is 0 Å². The van der Waals surface area contributed by atoms with Crippen LogP contribution in [-0.4, -0.2) is 66.9 Å². The molecule has 6 heteroatoms. The van der Waals surface area contributed by atoms with Crippen LogP contribution in [0.1, 0.15) is 40.7 Å². The van der Waals surface area contributed by atoms with Gasteiger partial charge in [-0.15, -0.1) is 0 Å². The Balaban J connectivity index is 1.98. The van der Waals surface area contributed by atoms with Gasteiger partial charge in [-0.25, -0.2) is 4.98 Å². The van der Waals surface area contributed by atoms with E-state index in [9.17, 15) is 9.59 Å². The molecule has 0 bridgehead atoms. The highest BCUT2D eigenvalue weighted by Gasteiger charge is 2.22. The first-order valence-electron chi connectivity index (χ1n) is 8.16. The molecular formula is C17H26N4O2. The zero-order chi connectivity index (χ0) is 16.8. The smallest absolute Gasteiger partial charge is 0.272 e. The Morgan fingerprint density at radius 2 is 1.91 bits per heavy atom. The number of aromatic nitrogens is 1. The minimum absolute atomic E-state index is 0.0835. The van der Waals surface area contributed by atoms with Gasteiger partial charge in [-0.1, -0.05) is 13.0 Å². The summed E-state index contributed by atoms with van der Waals surface area (Å²) >= 11 is 0. The van der Waals surface area contributed by atoms with Crippen LogP contribution in [0.2, 0.25) is 0 Å². The Kier molecular flexibility index (Phi) is 6.10. The fraction of sp³-hybridized carbons (Fsp3) is 0.588. The third kappa shape index (κ3) is 5.03. The van der Waals surface area contributed by atoms with Crippen LogP contribution < -0.4 is 5.32 Å². The monoisotopic (exact) mass is 318 g/mol. The zero-order valence-electron chi connectivity index (χ0n) is 14.2. The molecule has 1 saturated heterocycles. The summed E-state index contributed by atoms with van der Waals surface area (Å²) in [5.74, 6) is 0.342. The quantitative estimate of drug-likeness (QED) is 0.887. The first-order valence-corrected chi connectivity index (χ1v) is 8.16. The van der Waals surface area contributed by atoms with Crippen molar-refractivity contribution in [3.63, 3.8) is 0 Å². The fourth-order valence-corrected chi connectivity index (χ4v) is 2.54. The van der Waals surface area contributed by atoms with Crippen molar-refractivity contribution < 1.29 is 9.59 Å². The lowest BCUT2D eigenvalue weighted by Gasteiger charge is -2.30. The number of likely N-dealkylation sites (tertiary alicyclic amines) is 1. The normalized spacial score (nSPS) is 15.7. The van der Waals surface area contributed by atoms with Gasteiger partial charge in [-0.3, -0.25) is 9.59 Å². The minimum Gasteiger partial charge on any atom is -0.349 e. The summed E-state index contributed by atoms with van der Waals surface area (Å²) in [6, 6.07) is 5.03. The molecule has 1 aromatic rings. The molecule has 1 fully saturated rings. The second-order valence-electron chi connectivity index (χ2n) is 6.44. The van der Waals surface area contributed by atoms with E-state index in [-0.39, 0.29) is 11.8 Å². The Morgan fingerprint density at radius 3 is 2.57 bits per heavy atom. The molecule has 1 N–H and O–H groups in total. The topological polar surface area (TPSA) is 65.5 Å². The predicted octanol–water partition coefficient (Wildman–Crippen LogP) is 1.25. The van der Waals surface area contributed by atoms with E-state index in [1.54, 1.807) is 18.2 Å². The number of carbonyl (C=O) groups is 2. The summed E-state index contributed by atoms with van der Waals surface area (Å²) < 4.78 is 0. The summed E-state index contributed by atoms with van der Waals surface area (Å²) in [6.07, 6.45) is 2.05. The number of amides is 2. The van der Waals surface area contributed by atoms with Crippen LogP contribution >= 0.6 is 0 Å². The van der Waals surface area contributed by atoms with E-state index < -0.39 is 0 Å². The van der Waals surface area contributed by atoms with Crippen molar-refractivity contribution in [1.82, 2.24) is 20.1 Å². The molecule has 23 heavy (non-hydrogen) atoms. The van der Waals surface area contributed by atoms with Gasteiger partial charge in [0.2, 0.25) is 0 Å². The van der Waals surface area contributed by atoms with E-state index in [1.165, 1.54) is 0 Å². The average Bonchev–Trinajstić information content (AvgIpc) is 2.54. The number of pyridine rings is 1. The standard InChI is InChI=1S/C17H26N4O2/c1-13-7-10-21(11-8-13)17(23)15-6-4-5-14(19-15)16(22)18-9-12-20(2)3/h4-6,13H,7-12H2,1-3H3,(H,18,22). The van der Waals surface area contributed by atoms with Crippen LogP contribution in [0.4, 0.5) is 0 Å². The third-order valence-electron chi connectivity index (χ3n) is 4.12. The number of likely N-dealkylation sites (N-methyl/N-ethyl adjacent to an activating group) is 1. The lowest BCUT2D eigenvalue weighted by molar-refractivity contribution is 0.0691. The van der Waals surface area contributed by atoms with Gasteiger partial charge in [0.15, 0.2) is 0 Å². The molecule has 1 aliphatic heterocycles. The zero-order valence-corrected chi connectivity index (χ0v) is 14.2. The van der Waals surface area contributed by atoms with Gasteiger partial charge in [0.1, 0.15) is 11.4 Å². The predicted molar refractivity (Wildman–Crippen MR) is 89.4 cm³/mol. The lowest BCUT2D eigenvalue weighted by Crippen LogP contribution is -2.38. The first kappa shape index (κ1) is 17.4. The van der Waals surface area contributed by atoms with E-state index in [4.69, 9.17) is 0 Å². The first-order chi connectivity index (χ1) is 11.0. The van der Waals surface area contributed by atoms with Gasteiger partial charge >= 0.3 is 0 Å². The maximum absolute atomic E-state index is 12.5. The van der Waals surface area contributed by atoms with Crippen LogP contribution in [0.3, 0.4) is 0 Å². The Bertz CT molecular complexity index is 551. The molecule has 0 saturated carbocycles. The highest BCUT2D eigenvalue weighted by atomic mass is 16.2. The van der Waals surface area contributed by atoms with Gasteiger partial charge in [0.05, 0.1) is 0 Å². The van der Waals surface area contributed by atoms with Crippen LogP contribution in [0.15, 0.2) is 18.2 Å². The summed E-state index contributed by atoms with van der Waals surface area (Å²) in [7, 11) is 3.90. The van der Waals surface area contributed by atoms with Crippen LogP contribution in [0, 0.1) is 5.92 Å². The largest absolute Gasteiger partial charge is 0.349 e. The molecule has 2 amide bonds. The number of nitrogens with zero attached hydrogens (tertiary/aromatic N) is 3. The van der Waals surface area contributed by atoms with Crippen molar-refractivity contribution in [2.24, 2.45) is 5.92 Å². The SMILES string of the molecule is CC1CCN(C(=O)c2cccc(C(=O)NCCN(C)C)n2)CC1. The molecule has 0 atom stereocenters. The second kappa shape index (κ2) is 8.06. The van der Waals surface area contributed by atoms with Gasteiger partial charge in [0, 0.05) is 26.2 Å². The summed E-state index contributed by atoms with van der Waals surface area (Å²) in [4.78, 5) is 32.7. The van der Waals surface area contributed by atoms with Crippen LogP contribution in [-0.2, 0) is 0 Å². The molecule has 0 radical (unpaired) electrons. The van der Waals surface area contributed by atoms with E-state index in [0.717, 1.165) is 32.5 Å². The molecule has 6 nitrogen and oxygen atoms in total. The van der Waals surface area contributed by atoms with E-state index in [0.29, 0.717) is 23.9 Å². The number of carbonyl (C=O) groups excluding carboxylic acids is 2. The van der Waals surface area contributed by atoms with E-state index in [2.05, 4.69) is 17.2 Å². The van der Waals surface area contributed by atoms with Crippen molar-refractivity contribution >= 4 is 11.8 Å². The molecule has 126 valence electrons. The van der Waals surface area contributed by atoms with Crippen molar-refractivity contribution in [1.29, 1.82) is 0 Å². The third-order valence-corrected chi connectivity index (χ3v) is 4.12. The van der Waals surface area contributed by atoms with Crippen molar-refractivity contribution in [2.45, 2.75) is 19.8 Å². The molecule has 0 aromatic carbocycles. The van der Waals surface area contributed by atoms with Crippen molar-refractivity contribution in [3.05, 3.63) is 29.6 Å². The number of nitrogens with one attached hydrogen (secondary N) is 1. The molecule has 0 unspecified atom stereocenters. The Labute approximate surface area is 137 Å². The molecule has 1 aromatic heterocycles. The molecule has 1 aliphatic rings. The molecule has 0 spiro atoms. The summed E-state index contributed by atoms with van der Waals surface area (Å²) in [5.41, 5.74) is 0.639. The maximum atomic E-state index is 12.5. The van der Waals surface area contributed by atoms with Crippen LogP contribution in [0.25, 0.3) is 0 Å². The molecule has 2 rings (SSSR count). The molecule has 2 heterocycles. The average molecular weight is 318 g/mol. The number of rotatable bonds is 5. The van der Waals surface area contributed by atoms with Gasteiger partial charge < -0.3 is 15.1 Å². The number of hydrogen-bond donors (Lipinski definition) is 1. The fourth-order valence-electron chi connectivity index (χ4n) is 2.54. The highest BCUT2D eigenvalue weighted by Crippen LogP contribution is 2.17. The number of piperidine rings is 1.